The number of fused-ring (bicyclic) bond motifs is 3. The Bertz CT molecular complexity index is 1150. The van der Waals surface area contributed by atoms with Crippen LogP contribution in [0.5, 0.6) is 0 Å². The molecule has 0 aliphatic heterocycles. The predicted molar refractivity (Wildman–Crippen MR) is 104 cm³/mol. The number of para-hydroxylation sites is 2. The van der Waals surface area contributed by atoms with Gasteiger partial charge in [-0.3, -0.25) is 10.1 Å². The number of rotatable bonds is 5. The molecule has 1 N–H and O–H groups in total. The molecule has 0 aliphatic rings. The van der Waals surface area contributed by atoms with Crippen LogP contribution in [0.1, 0.15) is 13.8 Å². The van der Waals surface area contributed by atoms with Crippen LogP contribution in [-0.2, 0) is 0 Å². The molecule has 8 heteroatoms. The summed E-state index contributed by atoms with van der Waals surface area (Å²) in [6, 6.07) is 14.2. The normalized spacial score (nSPS) is 11.4. The number of anilines is 1. The highest BCUT2D eigenvalue weighted by Gasteiger charge is 2.22. The summed E-state index contributed by atoms with van der Waals surface area (Å²) in [7, 11) is 0. The van der Waals surface area contributed by atoms with Crippen molar-refractivity contribution < 1.29 is 4.92 Å². The number of nitrogens with zero attached hydrogens (tertiary/aromatic N) is 5. The van der Waals surface area contributed by atoms with Gasteiger partial charge in [0.15, 0.2) is 11.5 Å². The van der Waals surface area contributed by atoms with E-state index in [1.807, 2.05) is 24.3 Å². The molecule has 0 unspecified atom stereocenters. The number of nitro groups is 1. The van der Waals surface area contributed by atoms with E-state index in [-0.39, 0.29) is 5.69 Å². The van der Waals surface area contributed by atoms with Crippen LogP contribution in [0.25, 0.3) is 27.9 Å². The van der Waals surface area contributed by atoms with E-state index in [1.165, 1.54) is 6.07 Å². The number of hydrogen-bond donors (Lipinski definition) is 1. The molecule has 0 saturated heterocycles. The highest BCUT2D eigenvalue weighted by Crippen LogP contribution is 2.31. The third-order valence-corrected chi connectivity index (χ3v) is 4.26. The lowest BCUT2D eigenvalue weighted by Gasteiger charge is -2.13. The van der Waals surface area contributed by atoms with E-state index in [1.54, 1.807) is 22.6 Å². The van der Waals surface area contributed by atoms with Gasteiger partial charge >= 0.3 is 0 Å². The molecule has 0 saturated carbocycles. The van der Waals surface area contributed by atoms with Gasteiger partial charge in [-0.2, -0.15) is 0 Å². The van der Waals surface area contributed by atoms with Crippen LogP contribution in [0.2, 0.25) is 0 Å². The zero-order valence-corrected chi connectivity index (χ0v) is 15.0. The van der Waals surface area contributed by atoms with E-state index in [2.05, 4.69) is 29.4 Å². The van der Waals surface area contributed by atoms with Gasteiger partial charge in [-0.05, 0) is 24.1 Å². The summed E-state index contributed by atoms with van der Waals surface area (Å²) in [4.78, 5) is 15.8. The molecule has 0 radical (unpaired) electrons. The van der Waals surface area contributed by atoms with Gasteiger partial charge in [0.25, 0.3) is 5.69 Å². The summed E-state index contributed by atoms with van der Waals surface area (Å²) in [5.74, 6) is 1.36. The summed E-state index contributed by atoms with van der Waals surface area (Å²) in [6.45, 7) is 4.90. The molecule has 0 amide bonds. The van der Waals surface area contributed by atoms with E-state index >= 15 is 0 Å². The van der Waals surface area contributed by atoms with Crippen LogP contribution < -0.4 is 5.32 Å². The third-order valence-electron chi connectivity index (χ3n) is 4.26. The highest BCUT2D eigenvalue weighted by molar-refractivity contribution is 5.93. The third kappa shape index (κ3) is 2.95. The van der Waals surface area contributed by atoms with Crippen LogP contribution in [0.15, 0.2) is 48.5 Å². The van der Waals surface area contributed by atoms with Crippen LogP contribution in [-0.4, -0.2) is 31.1 Å². The molecular formula is C19H18N6O2. The lowest BCUT2D eigenvalue weighted by molar-refractivity contribution is -0.384. The molecule has 0 aliphatic carbocycles. The second kappa shape index (κ2) is 6.64. The highest BCUT2D eigenvalue weighted by atomic mass is 16.6. The summed E-state index contributed by atoms with van der Waals surface area (Å²) in [6.07, 6.45) is 0. The second-order valence-electron chi connectivity index (χ2n) is 6.68. The standard InChI is InChI=1S/C19H18N6O2/c1-12(2)11-20-19-21-15-9-5-3-7-13(15)17-22-23-18(24(17)19)14-8-4-6-10-16(14)25(26)27/h3-10,12H,11H2,1-2H3,(H,20,21). The largest absolute Gasteiger partial charge is 0.355 e. The Morgan fingerprint density at radius 3 is 2.63 bits per heavy atom. The molecule has 2 aromatic carbocycles. The van der Waals surface area contributed by atoms with Gasteiger partial charge in [-0.15, -0.1) is 10.2 Å². The monoisotopic (exact) mass is 362 g/mol. The van der Waals surface area contributed by atoms with Crippen molar-refractivity contribution in [2.75, 3.05) is 11.9 Å². The average molecular weight is 362 g/mol. The van der Waals surface area contributed by atoms with Crippen molar-refractivity contribution >= 4 is 28.2 Å². The molecule has 4 aromatic rings. The second-order valence-corrected chi connectivity index (χ2v) is 6.68. The van der Waals surface area contributed by atoms with Gasteiger partial charge in [-0.25, -0.2) is 9.38 Å². The summed E-state index contributed by atoms with van der Waals surface area (Å²) >= 11 is 0. The zero-order valence-electron chi connectivity index (χ0n) is 15.0. The fraction of sp³-hybridized carbons (Fsp3) is 0.211. The molecule has 8 nitrogen and oxygen atoms in total. The van der Waals surface area contributed by atoms with Gasteiger partial charge < -0.3 is 5.32 Å². The molecule has 0 bridgehead atoms. The van der Waals surface area contributed by atoms with E-state index in [0.29, 0.717) is 35.4 Å². The van der Waals surface area contributed by atoms with Gasteiger partial charge in [-0.1, -0.05) is 38.1 Å². The van der Waals surface area contributed by atoms with Crippen molar-refractivity contribution in [2.24, 2.45) is 5.92 Å². The fourth-order valence-corrected chi connectivity index (χ4v) is 2.99. The Labute approximate surface area is 155 Å². The molecule has 2 aromatic heterocycles. The Morgan fingerprint density at radius 1 is 1.11 bits per heavy atom. The first kappa shape index (κ1) is 16.9. The summed E-state index contributed by atoms with van der Waals surface area (Å²) in [5, 5.41) is 24.2. The molecule has 0 atom stereocenters. The Morgan fingerprint density at radius 2 is 1.85 bits per heavy atom. The van der Waals surface area contributed by atoms with Gasteiger partial charge in [0, 0.05) is 18.0 Å². The number of nitro benzene ring substituents is 1. The van der Waals surface area contributed by atoms with Gasteiger partial charge in [0.2, 0.25) is 5.95 Å². The van der Waals surface area contributed by atoms with E-state index in [0.717, 1.165) is 10.9 Å². The van der Waals surface area contributed by atoms with Crippen molar-refractivity contribution in [1.29, 1.82) is 0 Å². The molecule has 0 fully saturated rings. The lowest BCUT2D eigenvalue weighted by Crippen LogP contribution is -2.13. The maximum atomic E-state index is 11.5. The molecule has 136 valence electrons. The zero-order chi connectivity index (χ0) is 19.0. The average Bonchev–Trinajstić information content (AvgIpc) is 3.11. The number of hydrogen-bond acceptors (Lipinski definition) is 6. The fourth-order valence-electron chi connectivity index (χ4n) is 2.99. The maximum absolute atomic E-state index is 11.5. The summed E-state index contributed by atoms with van der Waals surface area (Å²) in [5.41, 5.74) is 1.78. The van der Waals surface area contributed by atoms with Crippen molar-refractivity contribution in [3.63, 3.8) is 0 Å². The molecule has 2 heterocycles. The SMILES string of the molecule is CC(C)CNc1nc2ccccc2c2nnc(-c3ccccc3[N+](=O)[O-])n12. The van der Waals surface area contributed by atoms with Crippen molar-refractivity contribution in [2.45, 2.75) is 13.8 Å². The van der Waals surface area contributed by atoms with Gasteiger partial charge in [0.1, 0.15) is 0 Å². The predicted octanol–water partition coefficient (Wildman–Crippen LogP) is 3.92. The first-order chi connectivity index (χ1) is 13.1. The minimum Gasteiger partial charge on any atom is -0.355 e. The van der Waals surface area contributed by atoms with Gasteiger partial charge in [0.05, 0.1) is 16.0 Å². The first-order valence-electron chi connectivity index (χ1n) is 8.68. The molecule has 0 spiro atoms. The molecule has 27 heavy (non-hydrogen) atoms. The number of nitrogens with one attached hydrogen (secondary N) is 1. The number of benzene rings is 2. The summed E-state index contributed by atoms with van der Waals surface area (Å²) < 4.78 is 1.76. The van der Waals surface area contributed by atoms with Crippen LogP contribution >= 0.6 is 0 Å². The number of aromatic nitrogens is 4. The lowest BCUT2D eigenvalue weighted by atomic mass is 10.1. The van der Waals surface area contributed by atoms with E-state index in [9.17, 15) is 10.1 Å². The Kier molecular flexibility index (Phi) is 4.15. The Hall–Kier alpha value is -3.55. The smallest absolute Gasteiger partial charge is 0.280 e. The van der Waals surface area contributed by atoms with Crippen LogP contribution in [0.3, 0.4) is 0 Å². The minimum atomic E-state index is -0.411. The minimum absolute atomic E-state index is 0.0187. The quantitative estimate of drug-likeness (QED) is 0.427. The van der Waals surface area contributed by atoms with E-state index in [4.69, 9.17) is 4.98 Å². The topological polar surface area (TPSA) is 98.2 Å². The van der Waals surface area contributed by atoms with E-state index < -0.39 is 4.92 Å². The van der Waals surface area contributed by atoms with Crippen LogP contribution in [0, 0.1) is 16.0 Å². The first-order valence-corrected chi connectivity index (χ1v) is 8.68. The molecular weight excluding hydrogens is 344 g/mol. The van der Waals surface area contributed by atoms with Crippen molar-refractivity contribution in [3.8, 4) is 11.4 Å². The maximum Gasteiger partial charge on any atom is 0.280 e. The molecule has 4 rings (SSSR count). The Balaban J connectivity index is 2.03. The van der Waals surface area contributed by atoms with Crippen LogP contribution in [0.4, 0.5) is 11.6 Å². The van der Waals surface area contributed by atoms with Crippen molar-refractivity contribution in [3.05, 3.63) is 58.6 Å². The van der Waals surface area contributed by atoms with Crippen molar-refractivity contribution in [1.82, 2.24) is 19.6 Å².